The Kier molecular flexibility index (Phi) is 4.99. The van der Waals surface area contributed by atoms with Crippen LogP contribution < -0.4 is 15.8 Å². The normalized spacial score (nSPS) is 16.9. The van der Waals surface area contributed by atoms with Crippen molar-refractivity contribution in [2.24, 2.45) is 0 Å². The number of aromatic nitrogens is 2. The molecular formula is C23H20N4O3S. The number of cyclic esters (lactones) is 1. The standard InChI is InChI=1S/C23H20N4O3S/c1-31-23-26-20(24)19-17(18-16(12-30-22(18)28)25-21(19)27-23)14-8-5-9-15(10-14)29-11-13-6-3-2-4-7-13/h2-10,17H,11-12H2,1H3,(H3,24,25,26,27). The van der Waals surface area contributed by atoms with Gasteiger partial charge in [0.15, 0.2) is 5.16 Å². The summed E-state index contributed by atoms with van der Waals surface area (Å²) in [5, 5.41) is 3.79. The summed E-state index contributed by atoms with van der Waals surface area (Å²) in [7, 11) is 0. The monoisotopic (exact) mass is 432 g/mol. The SMILES string of the molecule is CSc1nc(N)c2c(n1)NC1=C(C(=O)OC1)C2c1cccc(OCc2ccccc2)c1. The summed E-state index contributed by atoms with van der Waals surface area (Å²) in [6.07, 6.45) is 1.89. The van der Waals surface area contributed by atoms with E-state index in [-0.39, 0.29) is 12.6 Å². The van der Waals surface area contributed by atoms with E-state index in [4.69, 9.17) is 15.2 Å². The quantitative estimate of drug-likeness (QED) is 0.357. The molecule has 156 valence electrons. The number of nitrogens with zero attached hydrogens (tertiary/aromatic N) is 2. The number of hydrogen-bond donors (Lipinski definition) is 2. The maximum Gasteiger partial charge on any atom is 0.337 e. The summed E-state index contributed by atoms with van der Waals surface area (Å²) in [6, 6.07) is 17.6. The summed E-state index contributed by atoms with van der Waals surface area (Å²) in [6.45, 7) is 0.637. The van der Waals surface area contributed by atoms with Crippen LogP contribution in [0.4, 0.5) is 11.6 Å². The van der Waals surface area contributed by atoms with Crippen molar-refractivity contribution in [2.75, 3.05) is 23.9 Å². The van der Waals surface area contributed by atoms with Crippen molar-refractivity contribution >= 4 is 29.4 Å². The van der Waals surface area contributed by atoms with Gasteiger partial charge in [-0.15, -0.1) is 0 Å². The number of nitrogens with one attached hydrogen (secondary N) is 1. The molecule has 0 bridgehead atoms. The summed E-state index contributed by atoms with van der Waals surface area (Å²) in [4.78, 5) is 21.6. The number of hydrogen-bond acceptors (Lipinski definition) is 8. The lowest BCUT2D eigenvalue weighted by Gasteiger charge is -2.27. The molecule has 7 nitrogen and oxygen atoms in total. The van der Waals surface area contributed by atoms with Crippen molar-refractivity contribution in [3.63, 3.8) is 0 Å². The van der Waals surface area contributed by atoms with Crippen LogP contribution in [0.15, 0.2) is 71.0 Å². The molecule has 2 aliphatic heterocycles. The lowest BCUT2D eigenvalue weighted by Crippen LogP contribution is -2.23. The molecule has 0 fully saturated rings. The average molecular weight is 433 g/mol. The molecule has 0 saturated carbocycles. The highest BCUT2D eigenvalue weighted by Gasteiger charge is 2.40. The predicted octanol–water partition coefficient (Wildman–Crippen LogP) is 3.73. The number of anilines is 2. The molecule has 3 heterocycles. The van der Waals surface area contributed by atoms with Crippen LogP contribution in [0.1, 0.15) is 22.6 Å². The number of nitrogens with two attached hydrogens (primary N) is 1. The number of esters is 1. The second-order valence-corrected chi connectivity index (χ2v) is 8.00. The topological polar surface area (TPSA) is 99.4 Å². The maximum absolute atomic E-state index is 12.6. The van der Waals surface area contributed by atoms with Gasteiger partial charge < -0.3 is 20.5 Å². The van der Waals surface area contributed by atoms with E-state index in [1.54, 1.807) is 0 Å². The number of carbonyl (C=O) groups is 1. The van der Waals surface area contributed by atoms with E-state index in [0.717, 1.165) is 11.1 Å². The van der Waals surface area contributed by atoms with Gasteiger partial charge in [-0.1, -0.05) is 54.2 Å². The molecule has 31 heavy (non-hydrogen) atoms. The lowest BCUT2D eigenvalue weighted by molar-refractivity contribution is -0.136. The Labute approximate surface area is 183 Å². The molecule has 2 aliphatic rings. The van der Waals surface area contributed by atoms with Crippen molar-refractivity contribution in [1.82, 2.24) is 9.97 Å². The smallest absolute Gasteiger partial charge is 0.337 e. The number of thioether (sulfide) groups is 1. The predicted molar refractivity (Wildman–Crippen MR) is 119 cm³/mol. The minimum absolute atomic E-state index is 0.187. The molecule has 2 aromatic carbocycles. The van der Waals surface area contributed by atoms with Gasteiger partial charge in [0.25, 0.3) is 0 Å². The van der Waals surface area contributed by atoms with Crippen LogP contribution in [-0.2, 0) is 16.1 Å². The van der Waals surface area contributed by atoms with Crippen molar-refractivity contribution < 1.29 is 14.3 Å². The van der Waals surface area contributed by atoms with Gasteiger partial charge in [0.05, 0.1) is 17.2 Å². The number of ether oxygens (including phenoxy) is 2. The van der Waals surface area contributed by atoms with Crippen LogP contribution in [0.2, 0.25) is 0 Å². The first-order chi connectivity index (χ1) is 15.1. The maximum atomic E-state index is 12.6. The first kappa shape index (κ1) is 19.4. The van der Waals surface area contributed by atoms with Crippen molar-refractivity contribution in [3.05, 3.63) is 82.6 Å². The third-order valence-corrected chi connectivity index (χ3v) is 5.86. The van der Waals surface area contributed by atoms with E-state index < -0.39 is 5.92 Å². The Morgan fingerprint density at radius 1 is 1.19 bits per heavy atom. The Morgan fingerprint density at radius 3 is 2.84 bits per heavy atom. The van der Waals surface area contributed by atoms with Gasteiger partial charge in [-0.2, -0.15) is 0 Å². The zero-order valence-electron chi connectivity index (χ0n) is 16.8. The van der Waals surface area contributed by atoms with Gasteiger partial charge in [0.2, 0.25) is 0 Å². The Balaban J connectivity index is 1.55. The summed E-state index contributed by atoms with van der Waals surface area (Å²) in [5.41, 5.74) is 10.2. The van der Waals surface area contributed by atoms with E-state index >= 15 is 0 Å². The Hall–Kier alpha value is -3.52. The number of rotatable bonds is 5. The van der Waals surface area contributed by atoms with Crippen LogP contribution in [0.5, 0.6) is 5.75 Å². The molecular weight excluding hydrogens is 412 g/mol. The van der Waals surface area contributed by atoms with Crippen LogP contribution in [0.25, 0.3) is 0 Å². The van der Waals surface area contributed by atoms with Gasteiger partial charge in [0.1, 0.15) is 30.6 Å². The first-order valence-corrected chi connectivity index (χ1v) is 11.0. The fraction of sp³-hybridized carbons (Fsp3) is 0.174. The highest BCUT2D eigenvalue weighted by atomic mass is 32.2. The number of benzene rings is 2. The van der Waals surface area contributed by atoms with E-state index in [1.165, 1.54) is 11.8 Å². The fourth-order valence-corrected chi connectivity index (χ4v) is 4.27. The van der Waals surface area contributed by atoms with Gasteiger partial charge in [-0.25, -0.2) is 14.8 Å². The number of fused-ring (bicyclic) bond motifs is 1. The van der Waals surface area contributed by atoms with E-state index in [2.05, 4.69) is 15.3 Å². The zero-order chi connectivity index (χ0) is 21.4. The lowest BCUT2D eigenvalue weighted by atomic mass is 9.82. The van der Waals surface area contributed by atoms with E-state index in [9.17, 15) is 4.79 Å². The molecule has 0 saturated heterocycles. The Morgan fingerprint density at radius 2 is 2.03 bits per heavy atom. The minimum Gasteiger partial charge on any atom is -0.489 e. The summed E-state index contributed by atoms with van der Waals surface area (Å²) < 4.78 is 11.3. The highest BCUT2D eigenvalue weighted by molar-refractivity contribution is 7.98. The molecule has 0 aliphatic carbocycles. The fourth-order valence-electron chi connectivity index (χ4n) is 3.89. The third-order valence-electron chi connectivity index (χ3n) is 5.32. The molecule has 1 unspecified atom stereocenters. The Bertz CT molecular complexity index is 1200. The first-order valence-electron chi connectivity index (χ1n) is 9.79. The van der Waals surface area contributed by atoms with Gasteiger partial charge >= 0.3 is 5.97 Å². The molecule has 0 spiro atoms. The van der Waals surface area contributed by atoms with Crippen LogP contribution in [0, 0.1) is 0 Å². The molecule has 1 atom stereocenters. The van der Waals surface area contributed by atoms with Crippen molar-refractivity contribution in [2.45, 2.75) is 17.7 Å². The van der Waals surface area contributed by atoms with Crippen molar-refractivity contribution in [1.29, 1.82) is 0 Å². The zero-order valence-corrected chi connectivity index (χ0v) is 17.6. The second kappa shape index (κ2) is 7.96. The summed E-state index contributed by atoms with van der Waals surface area (Å²) in [5.74, 6) is 0.859. The van der Waals surface area contributed by atoms with Gasteiger partial charge in [0, 0.05) is 5.56 Å². The van der Waals surface area contributed by atoms with Crippen molar-refractivity contribution in [3.8, 4) is 5.75 Å². The van der Waals surface area contributed by atoms with E-state index in [0.29, 0.717) is 46.0 Å². The molecule has 3 aromatic rings. The number of carbonyl (C=O) groups excluding carboxylic acids is 1. The van der Waals surface area contributed by atoms with Crippen LogP contribution >= 0.6 is 11.8 Å². The molecule has 0 amide bonds. The largest absolute Gasteiger partial charge is 0.489 e. The number of nitrogen functional groups attached to an aromatic ring is 1. The summed E-state index contributed by atoms with van der Waals surface area (Å²) >= 11 is 1.41. The van der Waals surface area contributed by atoms with Crippen LogP contribution in [-0.4, -0.2) is 28.8 Å². The van der Waals surface area contributed by atoms with Crippen LogP contribution in [0.3, 0.4) is 0 Å². The van der Waals surface area contributed by atoms with Gasteiger partial charge in [-0.3, -0.25) is 0 Å². The molecule has 8 heteroatoms. The highest BCUT2D eigenvalue weighted by Crippen LogP contribution is 2.46. The molecule has 3 N–H and O–H groups in total. The molecule has 5 rings (SSSR count). The van der Waals surface area contributed by atoms with E-state index in [1.807, 2.05) is 60.9 Å². The molecule has 1 aromatic heterocycles. The van der Waals surface area contributed by atoms with Gasteiger partial charge in [-0.05, 0) is 29.5 Å². The second-order valence-electron chi connectivity index (χ2n) is 7.23. The average Bonchev–Trinajstić information content (AvgIpc) is 3.17. The molecule has 0 radical (unpaired) electrons. The minimum atomic E-state index is -0.433. The third kappa shape index (κ3) is 3.59.